The lowest BCUT2D eigenvalue weighted by atomic mass is 10.1. The lowest BCUT2D eigenvalue weighted by Crippen LogP contribution is -2.32. The summed E-state index contributed by atoms with van der Waals surface area (Å²) >= 11 is 5.60. The fourth-order valence-corrected chi connectivity index (χ4v) is 2.05. The molecule has 9 heteroatoms. The summed E-state index contributed by atoms with van der Waals surface area (Å²) in [6.07, 6.45) is -2.95. The molecule has 23 heavy (non-hydrogen) atoms. The molecule has 2 aromatic rings. The molecule has 1 unspecified atom stereocenters. The van der Waals surface area contributed by atoms with Crippen LogP contribution in [0.4, 0.5) is 24.7 Å². The number of aryl methyl sites for hydroxylation is 1. The molecule has 2 N–H and O–H groups in total. The third kappa shape index (κ3) is 4.38. The first-order chi connectivity index (χ1) is 10.7. The molecule has 1 amide bonds. The van der Waals surface area contributed by atoms with Crippen LogP contribution in [0.5, 0.6) is 0 Å². The minimum absolute atomic E-state index is 0.0602. The van der Waals surface area contributed by atoms with Gasteiger partial charge in [0, 0.05) is 24.3 Å². The SMILES string of the molecule is CC(Nc1ccn(C)n1)C(=O)Nc1ccc(Cl)cc1C(F)(F)F. The van der Waals surface area contributed by atoms with Crippen LogP contribution in [0.2, 0.25) is 5.02 Å². The van der Waals surface area contributed by atoms with Gasteiger partial charge in [-0.2, -0.15) is 18.3 Å². The summed E-state index contributed by atoms with van der Waals surface area (Å²) < 4.78 is 40.5. The molecule has 0 aliphatic heterocycles. The standard InChI is InChI=1S/C14H14ClF3N4O/c1-8(19-12-5-6-22(2)21-12)13(23)20-11-4-3-9(15)7-10(11)14(16,17)18/h3-8H,1-2H3,(H,19,21)(H,20,23). The molecule has 0 spiro atoms. The summed E-state index contributed by atoms with van der Waals surface area (Å²) in [7, 11) is 1.71. The molecule has 5 nitrogen and oxygen atoms in total. The molecule has 0 aliphatic carbocycles. The first-order valence-corrected chi connectivity index (χ1v) is 6.98. The number of nitrogens with zero attached hydrogens (tertiary/aromatic N) is 2. The fraction of sp³-hybridized carbons (Fsp3) is 0.286. The van der Waals surface area contributed by atoms with Gasteiger partial charge in [0.15, 0.2) is 0 Å². The van der Waals surface area contributed by atoms with Gasteiger partial charge in [0.05, 0.1) is 11.3 Å². The van der Waals surface area contributed by atoms with Gasteiger partial charge < -0.3 is 10.6 Å². The van der Waals surface area contributed by atoms with Crippen LogP contribution in [-0.4, -0.2) is 21.7 Å². The van der Waals surface area contributed by atoms with Gasteiger partial charge >= 0.3 is 6.18 Å². The Morgan fingerprint density at radius 1 is 1.35 bits per heavy atom. The van der Waals surface area contributed by atoms with E-state index < -0.39 is 23.7 Å². The summed E-state index contributed by atoms with van der Waals surface area (Å²) in [5.41, 5.74) is -1.34. The van der Waals surface area contributed by atoms with Gasteiger partial charge in [-0.1, -0.05) is 11.6 Å². The molecule has 1 atom stereocenters. The van der Waals surface area contributed by atoms with Gasteiger partial charge in [0.1, 0.15) is 11.9 Å². The third-order valence-electron chi connectivity index (χ3n) is 3.02. The van der Waals surface area contributed by atoms with Gasteiger partial charge in [0.2, 0.25) is 5.91 Å². The summed E-state index contributed by atoms with van der Waals surface area (Å²) in [5.74, 6) is -0.175. The molecule has 1 heterocycles. The molecular formula is C14H14ClF3N4O. The van der Waals surface area contributed by atoms with Crippen LogP contribution in [0.25, 0.3) is 0 Å². The Morgan fingerprint density at radius 2 is 2.04 bits per heavy atom. The third-order valence-corrected chi connectivity index (χ3v) is 3.25. The van der Waals surface area contributed by atoms with Gasteiger partial charge in [-0.05, 0) is 25.1 Å². The monoisotopic (exact) mass is 346 g/mol. The number of amides is 1. The lowest BCUT2D eigenvalue weighted by molar-refractivity contribution is -0.137. The maximum absolute atomic E-state index is 13.0. The number of aromatic nitrogens is 2. The smallest absolute Gasteiger partial charge is 0.357 e. The molecule has 0 saturated heterocycles. The van der Waals surface area contributed by atoms with Crippen LogP contribution >= 0.6 is 11.6 Å². The van der Waals surface area contributed by atoms with E-state index in [1.807, 2.05) is 0 Å². The van der Waals surface area contributed by atoms with Crippen LogP contribution < -0.4 is 10.6 Å². The molecule has 0 aliphatic rings. The van der Waals surface area contributed by atoms with Crippen LogP contribution in [0, 0.1) is 0 Å². The summed E-state index contributed by atoms with van der Waals surface area (Å²) in [6.45, 7) is 1.52. The van der Waals surface area contributed by atoms with Crippen LogP contribution in [0.15, 0.2) is 30.5 Å². The number of hydrogen-bond acceptors (Lipinski definition) is 3. The van der Waals surface area contributed by atoms with Crippen molar-refractivity contribution in [2.75, 3.05) is 10.6 Å². The van der Waals surface area contributed by atoms with Crippen molar-refractivity contribution >= 4 is 29.0 Å². The maximum atomic E-state index is 13.0. The topological polar surface area (TPSA) is 59.0 Å². The summed E-state index contributed by atoms with van der Waals surface area (Å²) in [4.78, 5) is 12.1. The van der Waals surface area contributed by atoms with E-state index in [2.05, 4.69) is 15.7 Å². The number of halogens is 4. The number of hydrogen-bond donors (Lipinski definition) is 2. The highest BCUT2D eigenvalue weighted by atomic mass is 35.5. The fourth-order valence-electron chi connectivity index (χ4n) is 1.88. The van der Waals surface area contributed by atoms with Crippen molar-refractivity contribution in [2.45, 2.75) is 19.1 Å². The average molecular weight is 347 g/mol. The highest BCUT2D eigenvalue weighted by Crippen LogP contribution is 2.36. The molecule has 0 fully saturated rings. The number of carbonyl (C=O) groups is 1. The second kappa shape index (κ2) is 6.49. The number of nitrogens with one attached hydrogen (secondary N) is 2. The largest absolute Gasteiger partial charge is 0.418 e. The average Bonchev–Trinajstić information content (AvgIpc) is 2.84. The zero-order valence-corrected chi connectivity index (χ0v) is 13.0. The predicted octanol–water partition coefficient (Wildman–Crippen LogP) is 3.53. The Balaban J connectivity index is 2.13. The Bertz CT molecular complexity index is 714. The van der Waals surface area contributed by atoms with Crippen molar-refractivity contribution < 1.29 is 18.0 Å². The molecule has 124 valence electrons. The van der Waals surface area contributed by atoms with Crippen molar-refractivity contribution in [2.24, 2.45) is 7.05 Å². The molecule has 0 radical (unpaired) electrons. The van der Waals surface area contributed by atoms with Gasteiger partial charge in [-0.3, -0.25) is 9.48 Å². The van der Waals surface area contributed by atoms with E-state index >= 15 is 0 Å². The van der Waals surface area contributed by atoms with Crippen molar-refractivity contribution in [1.29, 1.82) is 0 Å². The highest BCUT2D eigenvalue weighted by Gasteiger charge is 2.34. The Hall–Kier alpha value is -2.22. The van der Waals surface area contributed by atoms with E-state index in [1.165, 1.54) is 17.7 Å². The number of rotatable bonds is 4. The lowest BCUT2D eigenvalue weighted by Gasteiger charge is -2.17. The van der Waals surface area contributed by atoms with Gasteiger partial charge in [-0.25, -0.2) is 0 Å². The zero-order chi connectivity index (χ0) is 17.2. The van der Waals surface area contributed by atoms with E-state index in [4.69, 9.17) is 11.6 Å². The maximum Gasteiger partial charge on any atom is 0.418 e. The van der Waals surface area contributed by atoms with Crippen LogP contribution in [0.3, 0.4) is 0 Å². The highest BCUT2D eigenvalue weighted by molar-refractivity contribution is 6.30. The first-order valence-electron chi connectivity index (χ1n) is 6.60. The number of anilines is 2. The van der Waals surface area contributed by atoms with E-state index in [1.54, 1.807) is 19.3 Å². The van der Waals surface area contributed by atoms with Crippen molar-refractivity contribution in [3.05, 3.63) is 41.0 Å². The molecule has 1 aromatic heterocycles. The summed E-state index contributed by atoms with van der Waals surface area (Å²) in [5, 5.41) is 9.03. The Labute approximate surface area is 135 Å². The minimum atomic E-state index is -4.62. The minimum Gasteiger partial charge on any atom is -0.357 e. The molecular weight excluding hydrogens is 333 g/mol. The quantitative estimate of drug-likeness (QED) is 0.890. The number of alkyl halides is 3. The van der Waals surface area contributed by atoms with Gasteiger partial charge in [-0.15, -0.1) is 0 Å². The Kier molecular flexibility index (Phi) is 4.84. The normalized spacial score (nSPS) is 12.8. The molecule has 0 saturated carbocycles. The second-order valence-corrected chi connectivity index (χ2v) is 5.35. The van der Waals surface area contributed by atoms with Crippen molar-refractivity contribution in [3.63, 3.8) is 0 Å². The van der Waals surface area contributed by atoms with E-state index in [0.29, 0.717) is 5.82 Å². The molecule has 2 rings (SSSR count). The van der Waals surface area contributed by atoms with E-state index in [0.717, 1.165) is 12.1 Å². The summed E-state index contributed by atoms with van der Waals surface area (Å²) in [6, 6.07) is 4.04. The number of carbonyl (C=O) groups excluding carboxylic acids is 1. The Morgan fingerprint density at radius 3 is 2.61 bits per heavy atom. The molecule has 0 bridgehead atoms. The zero-order valence-electron chi connectivity index (χ0n) is 12.3. The van der Waals surface area contributed by atoms with E-state index in [9.17, 15) is 18.0 Å². The second-order valence-electron chi connectivity index (χ2n) is 4.92. The number of benzene rings is 1. The van der Waals surface area contributed by atoms with Gasteiger partial charge in [0.25, 0.3) is 0 Å². The first kappa shape index (κ1) is 17.1. The van der Waals surface area contributed by atoms with Crippen LogP contribution in [0.1, 0.15) is 12.5 Å². The predicted molar refractivity (Wildman–Crippen MR) is 81.4 cm³/mol. The van der Waals surface area contributed by atoms with Crippen molar-refractivity contribution in [3.8, 4) is 0 Å². The van der Waals surface area contributed by atoms with Crippen LogP contribution in [-0.2, 0) is 18.0 Å². The van der Waals surface area contributed by atoms with Crippen molar-refractivity contribution in [1.82, 2.24) is 9.78 Å². The van der Waals surface area contributed by atoms with E-state index in [-0.39, 0.29) is 10.7 Å². The molecule has 1 aromatic carbocycles.